The Morgan fingerprint density at radius 2 is 1.80 bits per heavy atom. The van der Waals surface area contributed by atoms with E-state index < -0.39 is 6.09 Å². The molecule has 1 N–H and O–H groups in total. The van der Waals surface area contributed by atoms with E-state index in [9.17, 15) is 9.90 Å². The minimum absolute atomic E-state index is 0.0684. The number of anilines is 1. The molecule has 2 aliphatic heterocycles. The van der Waals surface area contributed by atoms with Crippen molar-refractivity contribution in [3.63, 3.8) is 0 Å². The predicted octanol–water partition coefficient (Wildman–Crippen LogP) is 4.48. The summed E-state index contributed by atoms with van der Waals surface area (Å²) in [6.45, 7) is 3.51. The summed E-state index contributed by atoms with van der Waals surface area (Å²) in [6, 6.07) is 16.4. The molecule has 0 aliphatic carbocycles. The van der Waals surface area contributed by atoms with Crippen molar-refractivity contribution in [2.24, 2.45) is 0 Å². The lowest BCUT2D eigenvalue weighted by Gasteiger charge is -2.40. The Morgan fingerprint density at radius 3 is 2.48 bits per heavy atom. The van der Waals surface area contributed by atoms with E-state index in [0.29, 0.717) is 6.54 Å². The van der Waals surface area contributed by atoms with Crippen LogP contribution in [0.5, 0.6) is 0 Å². The molecule has 2 aromatic carbocycles. The average Bonchev–Trinajstić information content (AvgIpc) is 2.94. The maximum atomic E-state index is 11.7. The lowest BCUT2D eigenvalue weighted by Crippen LogP contribution is -2.45. The van der Waals surface area contributed by atoms with Crippen molar-refractivity contribution in [3.8, 4) is 0 Å². The van der Waals surface area contributed by atoms with E-state index in [0.717, 1.165) is 42.6 Å². The van der Waals surface area contributed by atoms with Gasteiger partial charge in [0.2, 0.25) is 0 Å². The van der Waals surface area contributed by atoms with Crippen LogP contribution in [0.2, 0.25) is 0 Å². The largest absolute Gasteiger partial charge is 0.465 e. The lowest BCUT2D eigenvalue weighted by atomic mass is 9.74. The van der Waals surface area contributed by atoms with Crippen LogP contribution in [0.1, 0.15) is 24.0 Å². The Kier molecular flexibility index (Phi) is 4.29. The summed E-state index contributed by atoms with van der Waals surface area (Å²) in [5, 5.41) is 9.61. The molecule has 4 nitrogen and oxygen atoms in total. The normalized spacial score (nSPS) is 19.2. The number of amides is 1. The average molecular weight is 401 g/mol. The van der Waals surface area contributed by atoms with E-state index in [1.165, 1.54) is 16.0 Å². The van der Waals surface area contributed by atoms with E-state index in [4.69, 9.17) is 0 Å². The van der Waals surface area contributed by atoms with Gasteiger partial charge in [-0.1, -0.05) is 52.3 Å². The molecule has 0 saturated carbocycles. The van der Waals surface area contributed by atoms with E-state index in [2.05, 4.69) is 45.1 Å². The number of carboxylic acid groups (broad SMARTS) is 1. The van der Waals surface area contributed by atoms with Gasteiger partial charge in [-0.3, -0.25) is 9.80 Å². The summed E-state index contributed by atoms with van der Waals surface area (Å²) in [7, 11) is 0. The number of piperidine rings is 1. The van der Waals surface area contributed by atoms with Gasteiger partial charge in [-0.15, -0.1) is 0 Å². The van der Waals surface area contributed by atoms with Crippen molar-refractivity contribution in [1.82, 2.24) is 4.90 Å². The second-order valence-corrected chi connectivity index (χ2v) is 7.90. The third-order valence-corrected chi connectivity index (χ3v) is 6.23. The quantitative estimate of drug-likeness (QED) is 0.807. The van der Waals surface area contributed by atoms with Crippen LogP contribution in [-0.4, -0.2) is 35.7 Å². The van der Waals surface area contributed by atoms with Crippen LogP contribution in [0.15, 0.2) is 53.0 Å². The molecule has 1 spiro atoms. The standard InChI is InChI=1S/C20H21BrN2O2/c21-16-7-4-8-17-18(16)20(14-23(17)19(24)25)9-11-22(12-10-20)13-15-5-2-1-3-6-15/h1-8H,9-14H2,(H,24,25). The van der Waals surface area contributed by atoms with Crippen LogP contribution in [0, 0.1) is 0 Å². The first-order valence-corrected chi connectivity index (χ1v) is 9.44. The molecule has 2 heterocycles. The van der Waals surface area contributed by atoms with E-state index in [1.807, 2.05) is 24.3 Å². The molecule has 25 heavy (non-hydrogen) atoms. The maximum absolute atomic E-state index is 11.7. The SMILES string of the molecule is O=C(O)N1CC2(CCN(Cc3ccccc3)CC2)c2c(Br)cccc21. The molecule has 4 rings (SSSR count). The lowest BCUT2D eigenvalue weighted by molar-refractivity contribution is 0.157. The van der Waals surface area contributed by atoms with Gasteiger partial charge in [-0.2, -0.15) is 0 Å². The number of halogens is 1. The van der Waals surface area contributed by atoms with Gasteiger partial charge in [0.1, 0.15) is 0 Å². The summed E-state index contributed by atoms with van der Waals surface area (Å²) in [4.78, 5) is 15.7. The first kappa shape index (κ1) is 16.6. The van der Waals surface area contributed by atoms with Crippen LogP contribution in [0.3, 0.4) is 0 Å². The topological polar surface area (TPSA) is 43.8 Å². The molecule has 0 aromatic heterocycles. The Labute approximate surface area is 156 Å². The van der Waals surface area contributed by atoms with Gasteiger partial charge < -0.3 is 5.11 Å². The maximum Gasteiger partial charge on any atom is 0.411 e. The number of nitrogens with zero attached hydrogens (tertiary/aromatic N) is 2. The fourth-order valence-corrected chi connectivity index (χ4v) is 5.07. The fourth-order valence-electron chi connectivity index (χ4n) is 4.29. The first-order chi connectivity index (χ1) is 12.1. The van der Waals surface area contributed by atoms with Crippen LogP contribution in [0.4, 0.5) is 10.5 Å². The highest BCUT2D eigenvalue weighted by Crippen LogP contribution is 2.50. The van der Waals surface area contributed by atoms with Crippen molar-refractivity contribution in [1.29, 1.82) is 0 Å². The number of benzene rings is 2. The number of hydrogen-bond donors (Lipinski definition) is 1. The minimum Gasteiger partial charge on any atom is -0.465 e. The van der Waals surface area contributed by atoms with Crippen molar-refractivity contribution in [3.05, 3.63) is 64.1 Å². The van der Waals surface area contributed by atoms with E-state index in [-0.39, 0.29) is 5.41 Å². The van der Waals surface area contributed by atoms with Gasteiger partial charge in [-0.05, 0) is 49.2 Å². The van der Waals surface area contributed by atoms with Crippen LogP contribution in [-0.2, 0) is 12.0 Å². The predicted molar refractivity (Wildman–Crippen MR) is 102 cm³/mol. The zero-order valence-electron chi connectivity index (χ0n) is 14.0. The number of likely N-dealkylation sites (tertiary alicyclic amines) is 1. The molecule has 0 bridgehead atoms. The Morgan fingerprint density at radius 1 is 1.08 bits per heavy atom. The molecule has 5 heteroatoms. The van der Waals surface area contributed by atoms with Crippen molar-refractivity contribution in [2.45, 2.75) is 24.8 Å². The van der Waals surface area contributed by atoms with E-state index in [1.54, 1.807) is 0 Å². The molecular weight excluding hydrogens is 380 g/mol. The highest BCUT2D eigenvalue weighted by atomic mass is 79.9. The summed E-state index contributed by atoms with van der Waals surface area (Å²) in [5.74, 6) is 0. The van der Waals surface area contributed by atoms with E-state index >= 15 is 0 Å². The fraction of sp³-hybridized carbons (Fsp3) is 0.350. The van der Waals surface area contributed by atoms with Gasteiger partial charge >= 0.3 is 6.09 Å². The molecule has 130 valence electrons. The van der Waals surface area contributed by atoms with Crippen LogP contribution in [0.25, 0.3) is 0 Å². The zero-order chi connectivity index (χ0) is 17.4. The second-order valence-electron chi connectivity index (χ2n) is 7.04. The molecular formula is C20H21BrN2O2. The Bertz CT molecular complexity index is 786. The Hall–Kier alpha value is -1.85. The summed E-state index contributed by atoms with van der Waals surface area (Å²) < 4.78 is 1.03. The minimum atomic E-state index is -0.858. The zero-order valence-corrected chi connectivity index (χ0v) is 15.6. The number of hydrogen-bond acceptors (Lipinski definition) is 2. The van der Waals surface area contributed by atoms with Gasteiger partial charge in [0.05, 0.1) is 5.69 Å². The highest BCUT2D eigenvalue weighted by molar-refractivity contribution is 9.10. The number of rotatable bonds is 2. The first-order valence-electron chi connectivity index (χ1n) is 8.65. The van der Waals surface area contributed by atoms with Gasteiger partial charge in [-0.25, -0.2) is 4.79 Å². The molecule has 2 aromatic rings. The second kappa shape index (κ2) is 6.46. The highest BCUT2D eigenvalue weighted by Gasteiger charge is 2.47. The smallest absolute Gasteiger partial charge is 0.411 e. The molecule has 0 atom stereocenters. The third kappa shape index (κ3) is 2.96. The summed E-state index contributed by atoms with van der Waals surface area (Å²) in [5.41, 5.74) is 3.29. The van der Waals surface area contributed by atoms with Gasteiger partial charge in [0.25, 0.3) is 0 Å². The summed E-state index contributed by atoms with van der Waals surface area (Å²) >= 11 is 3.67. The molecule has 1 fully saturated rings. The van der Waals surface area contributed by atoms with Crippen molar-refractivity contribution >= 4 is 27.7 Å². The molecule has 0 radical (unpaired) electrons. The number of carbonyl (C=O) groups is 1. The van der Waals surface area contributed by atoms with Crippen LogP contribution >= 0.6 is 15.9 Å². The van der Waals surface area contributed by atoms with Crippen molar-refractivity contribution < 1.29 is 9.90 Å². The third-order valence-electron chi connectivity index (χ3n) is 5.57. The number of fused-ring (bicyclic) bond motifs is 2. The monoisotopic (exact) mass is 400 g/mol. The molecule has 1 saturated heterocycles. The van der Waals surface area contributed by atoms with Gasteiger partial charge in [0.15, 0.2) is 0 Å². The molecule has 1 amide bonds. The molecule has 2 aliphatic rings. The van der Waals surface area contributed by atoms with Crippen LogP contribution < -0.4 is 4.90 Å². The van der Waals surface area contributed by atoms with Gasteiger partial charge in [0, 0.05) is 23.0 Å². The Balaban J connectivity index is 1.56. The van der Waals surface area contributed by atoms with Crippen molar-refractivity contribution in [2.75, 3.05) is 24.5 Å². The molecule has 0 unspecified atom stereocenters. The summed E-state index contributed by atoms with van der Waals surface area (Å²) in [6.07, 6.45) is 1.11.